The second-order valence-electron chi connectivity index (χ2n) is 2.68. The molecule has 2 aromatic rings. The molecule has 0 spiro atoms. The van der Waals surface area contributed by atoms with Gasteiger partial charge in [-0.3, -0.25) is 0 Å². The van der Waals surface area contributed by atoms with Crippen LogP contribution in [0, 0.1) is 6.92 Å². The predicted molar refractivity (Wildman–Crippen MR) is 53.2 cm³/mol. The average Bonchev–Trinajstić information content (AvgIpc) is 2.32. The molecule has 0 unspecified atom stereocenters. The molecule has 1 aromatic heterocycles. The van der Waals surface area contributed by atoms with Crippen LogP contribution >= 0.6 is 22.9 Å². The molecular weight excluding hydrogens is 192 g/mol. The number of fused-ring (bicyclic) bond motifs is 1. The second kappa shape index (κ2) is 2.64. The average molecular weight is 199 g/mol. The van der Waals surface area contributed by atoms with Gasteiger partial charge in [0.05, 0.1) is 0 Å². The first kappa shape index (κ1) is 7.90. The molecule has 0 aliphatic heterocycles. The number of hydrogen-bond donors (Lipinski definition) is 1. The first-order valence-electron chi connectivity index (χ1n) is 3.56. The summed E-state index contributed by atoms with van der Waals surface area (Å²) in [5.41, 5.74) is 1.15. The summed E-state index contributed by atoms with van der Waals surface area (Å²) in [6.45, 7) is 2.01. The fourth-order valence-electron chi connectivity index (χ4n) is 1.22. The summed E-state index contributed by atoms with van der Waals surface area (Å²) >= 11 is 7.21. The Labute approximate surface area is 79.2 Å². The third kappa shape index (κ3) is 0.993. The van der Waals surface area contributed by atoms with Crippen LogP contribution in [0.2, 0.25) is 4.34 Å². The molecule has 1 nitrogen and oxygen atoms in total. The van der Waals surface area contributed by atoms with Crippen molar-refractivity contribution in [2.45, 2.75) is 6.92 Å². The minimum absolute atomic E-state index is 0.209. The quantitative estimate of drug-likeness (QED) is 0.686. The van der Waals surface area contributed by atoms with Gasteiger partial charge < -0.3 is 5.11 Å². The van der Waals surface area contributed by atoms with Gasteiger partial charge in [-0.25, -0.2) is 0 Å². The largest absolute Gasteiger partial charge is 0.505 e. The van der Waals surface area contributed by atoms with Crippen LogP contribution in [0.15, 0.2) is 18.2 Å². The second-order valence-corrected chi connectivity index (χ2v) is 4.30. The monoisotopic (exact) mass is 198 g/mol. The number of aromatic hydroxyl groups is 1. The van der Waals surface area contributed by atoms with Gasteiger partial charge in [-0.15, -0.1) is 11.3 Å². The standard InChI is InChI=1S/C9H7ClOS/c1-5-3-2-4-6-7(11)9(10)12-8(5)6/h2-4,11H,1H3. The van der Waals surface area contributed by atoms with Gasteiger partial charge in [0.2, 0.25) is 0 Å². The van der Waals surface area contributed by atoms with E-state index in [-0.39, 0.29) is 5.75 Å². The maximum atomic E-state index is 9.50. The van der Waals surface area contributed by atoms with E-state index in [1.165, 1.54) is 11.3 Å². The van der Waals surface area contributed by atoms with E-state index in [0.29, 0.717) is 4.34 Å². The fourth-order valence-corrected chi connectivity index (χ4v) is 2.44. The molecule has 0 atom stereocenters. The Bertz CT molecular complexity index is 433. The van der Waals surface area contributed by atoms with E-state index in [4.69, 9.17) is 11.6 Å². The first-order valence-corrected chi connectivity index (χ1v) is 4.76. The van der Waals surface area contributed by atoms with E-state index in [2.05, 4.69) is 0 Å². The highest BCUT2D eigenvalue weighted by Crippen LogP contribution is 2.41. The summed E-state index contributed by atoms with van der Waals surface area (Å²) in [6.07, 6.45) is 0. The zero-order valence-electron chi connectivity index (χ0n) is 6.47. The third-order valence-corrected chi connectivity index (χ3v) is 3.37. The van der Waals surface area contributed by atoms with Crippen LogP contribution in [-0.2, 0) is 0 Å². The summed E-state index contributed by atoms with van der Waals surface area (Å²) < 4.78 is 1.54. The van der Waals surface area contributed by atoms with Crippen LogP contribution in [0.3, 0.4) is 0 Å². The van der Waals surface area contributed by atoms with Crippen LogP contribution < -0.4 is 0 Å². The lowest BCUT2D eigenvalue weighted by molar-refractivity contribution is 0.484. The molecule has 3 heteroatoms. The molecular formula is C9H7ClOS. The van der Waals surface area contributed by atoms with Crippen molar-refractivity contribution >= 4 is 33.0 Å². The van der Waals surface area contributed by atoms with Crippen LogP contribution in [0.5, 0.6) is 5.75 Å². The highest BCUT2D eigenvalue weighted by molar-refractivity contribution is 7.23. The molecule has 1 heterocycles. The van der Waals surface area contributed by atoms with Gasteiger partial charge in [-0.1, -0.05) is 23.7 Å². The van der Waals surface area contributed by atoms with Crippen molar-refractivity contribution in [1.82, 2.24) is 0 Å². The Kier molecular flexibility index (Phi) is 1.74. The topological polar surface area (TPSA) is 20.2 Å². The molecule has 0 bridgehead atoms. The Balaban J connectivity index is 2.95. The third-order valence-electron chi connectivity index (χ3n) is 1.84. The molecule has 0 amide bonds. The fraction of sp³-hybridized carbons (Fsp3) is 0.111. The SMILES string of the molecule is Cc1cccc2c(O)c(Cl)sc12. The van der Waals surface area contributed by atoms with Gasteiger partial charge in [0.15, 0.2) is 5.75 Å². The summed E-state index contributed by atoms with van der Waals surface area (Å²) in [4.78, 5) is 0. The first-order chi connectivity index (χ1) is 5.70. The van der Waals surface area contributed by atoms with E-state index in [0.717, 1.165) is 15.6 Å². The highest BCUT2D eigenvalue weighted by atomic mass is 35.5. The molecule has 0 saturated heterocycles. The van der Waals surface area contributed by atoms with E-state index in [1.54, 1.807) is 0 Å². The molecule has 1 N–H and O–H groups in total. The Morgan fingerprint density at radius 2 is 2.17 bits per heavy atom. The Morgan fingerprint density at radius 1 is 1.42 bits per heavy atom. The number of thiophene rings is 1. The molecule has 12 heavy (non-hydrogen) atoms. The highest BCUT2D eigenvalue weighted by Gasteiger charge is 2.09. The summed E-state index contributed by atoms with van der Waals surface area (Å²) in [5, 5.41) is 10.4. The number of aryl methyl sites for hydroxylation is 1. The van der Waals surface area contributed by atoms with Crippen molar-refractivity contribution in [3.8, 4) is 5.75 Å². The van der Waals surface area contributed by atoms with Gasteiger partial charge >= 0.3 is 0 Å². The van der Waals surface area contributed by atoms with Crippen LogP contribution in [0.4, 0.5) is 0 Å². The zero-order valence-corrected chi connectivity index (χ0v) is 8.04. The smallest absolute Gasteiger partial charge is 0.152 e. The van der Waals surface area contributed by atoms with Crippen molar-refractivity contribution in [1.29, 1.82) is 0 Å². The minimum atomic E-state index is 0.209. The summed E-state index contributed by atoms with van der Waals surface area (Å²) in [5.74, 6) is 0.209. The van der Waals surface area contributed by atoms with E-state index in [1.807, 2.05) is 25.1 Å². The lowest BCUT2D eigenvalue weighted by Gasteiger charge is -1.92. The molecule has 0 radical (unpaired) electrons. The zero-order chi connectivity index (χ0) is 8.72. The van der Waals surface area contributed by atoms with Crippen LogP contribution in [0.25, 0.3) is 10.1 Å². The van der Waals surface area contributed by atoms with Crippen molar-refractivity contribution in [2.75, 3.05) is 0 Å². The lowest BCUT2D eigenvalue weighted by atomic mass is 10.2. The number of benzene rings is 1. The Morgan fingerprint density at radius 3 is 2.83 bits per heavy atom. The minimum Gasteiger partial charge on any atom is -0.505 e. The van der Waals surface area contributed by atoms with E-state index < -0.39 is 0 Å². The predicted octanol–water partition coefficient (Wildman–Crippen LogP) is 3.57. The number of rotatable bonds is 0. The van der Waals surface area contributed by atoms with E-state index >= 15 is 0 Å². The maximum Gasteiger partial charge on any atom is 0.152 e. The molecule has 0 aliphatic carbocycles. The lowest BCUT2D eigenvalue weighted by Crippen LogP contribution is -1.69. The summed E-state index contributed by atoms with van der Waals surface area (Å²) in [6, 6.07) is 5.80. The van der Waals surface area contributed by atoms with Gasteiger partial charge in [0, 0.05) is 10.1 Å². The van der Waals surface area contributed by atoms with Crippen LogP contribution in [0.1, 0.15) is 5.56 Å². The molecule has 0 fully saturated rings. The van der Waals surface area contributed by atoms with Crippen LogP contribution in [-0.4, -0.2) is 5.11 Å². The molecule has 62 valence electrons. The van der Waals surface area contributed by atoms with Crippen molar-refractivity contribution in [3.63, 3.8) is 0 Å². The Hall–Kier alpha value is -0.730. The molecule has 0 aliphatic rings. The molecule has 2 rings (SSSR count). The van der Waals surface area contributed by atoms with Crippen molar-refractivity contribution < 1.29 is 5.11 Å². The van der Waals surface area contributed by atoms with E-state index in [9.17, 15) is 5.11 Å². The van der Waals surface area contributed by atoms with Gasteiger partial charge in [-0.2, -0.15) is 0 Å². The number of hydrogen-bond acceptors (Lipinski definition) is 2. The number of halogens is 1. The maximum absolute atomic E-state index is 9.50. The van der Waals surface area contributed by atoms with Gasteiger partial charge in [0.25, 0.3) is 0 Å². The van der Waals surface area contributed by atoms with Gasteiger partial charge in [0.1, 0.15) is 4.34 Å². The molecule has 1 aromatic carbocycles. The van der Waals surface area contributed by atoms with Gasteiger partial charge in [-0.05, 0) is 18.6 Å². The summed E-state index contributed by atoms with van der Waals surface area (Å²) in [7, 11) is 0. The normalized spacial score (nSPS) is 10.8. The van der Waals surface area contributed by atoms with Crippen molar-refractivity contribution in [3.05, 3.63) is 28.1 Å². The van der Waals surface area contributed by atoms with Crippen molar-refractivity contribution in [2.24, 2.45) is 0 Å². The molecule has 0 saturated carbocycles.